The Labute approximate surface area is 105 Å². The van der Waals surface area contributed by atoms with Crippen LogP contribution in [0.1, 0.15) is 18.9 Å². The van der Waals surface area contributed by atoms with Crippen LogP contribution in [-0.2, 0) is 5.75 Å². The fourth-order valence-electron chi connectivity index (χ4n) is 1.11. The lowest BCUT2D eigenvalue weighted by molar-refractivity contribution is 0.721. The Morgan fingerprint density at radius 2 is 2.13 bits per heavy atom. The van der Waals surface area contributed by atoms with Crippen LogP contribution in [0.5, 0.6) is 0 Å². The fourth-order valence-corrected chi connectivity index (χ4v) is 2.71. The third-order valence-electron chi connectivity index (χ3n) is 1.98. The molecule has 1 aromatic carbocycles. The van der Waals surface area contributed by atoms with Gasteiger partial charge in [-0.1, -0.05) is 23.2 Å². The molecule has 1 rings (SSSR count). The summed E-state index contributed by atoms with van der Waals surface area (Å²) in [7, 11) is 0. The lowest BCUT2D eigenvalue weighted by Gasteiger charge is -2.06. The molecule has 0 bridgehead atoms. The first-order valence-corrected chi connectivity index (χ1v) is 6.78. The van der Waals surface area contributed by atoms with E-state index in [0.717, 1.165) is 33.5 Å². The molecular formula is C11H15Cl2NS. The van der Waals surface area contributed by atoms with Gasteiger partial charge in [-0.05, 0) is 42.9 Å². The quantitative estimate of drug-likeness (QED) is 0.814. The molecule has 0 spiro atoms. The van der Waals surface area contributed by atoms with Crippen LogP contribution in [0.15, 0.2) is 18.2 Å². The Morgan fingerprint density at radius 1 is 1.40 bits per heavy atom. The second-order valence-corrected chi connectivity index (χ2v) is 5.50. The van der Waals surface area contributed by atoms with Crippen molar-refractivity contribution in [3.63, 3.8) is 0 Å². The summed E-state index contributed by atoms with van der Waals surface area (Å²) >= 11 is 13.8. The Kier molecular flexibility index (Phi) is 5.83. The number of hydrogen-bond acceptors (Lipinski definition) is 2. The highest BCUT2D eigenvalue weighted by Crippen LogP contribution is 2.24. The van der Waals surface area contributed by atoms with Crippen molar-refractivity contribution in [1.82, 2.24) is 0 Å². The zero-order valence-electron chi connectivity index (χ0n) is 8.67. The van der Waals surface area contributed by atoms with Crippen molar-refractivity contribution in [2.45, 2.75) is 25.1 Å². The highest BCUT2D eigenvalue weighted by atomic mass is 35.5. The standard InChI is InChI=1S/C11H15Cl2NS/c1-8(14)4-5-15-7-9-6-10(12)2-3-11(9)13/h2-3,6,8H,4-5,7,14H2,1H3. The average molecular weight is 264 g/mol. The number of nitrogens with two attached hydrogens (primary N) is 1. The Bertz CT molecular complexity index is 315. The van der Waals surface area contributed by atoms with Gasteiger partial charge < -0.3 is 5.73 Å². The fraction of sp³-hybridized carbons (Fsp3) is 0.455. The van der Waals surface area contributed by atoms with E-state index in [1.807, 2.05) is 30.8 Å². The van der Waals surface area contributed by atoms with Crippen LogP contribution in [-0.4, -0.2) is 11.8 Å². The van der Waals surface area contributed by atoms with Crippen molar-refractivity contribution >= 4 is 35.0 Å². The second-order valence-electron chi connectivity index (χ2n) is 3.55. The lowest BCUT2D eigenvalue weighted by Crippen LogP contribution is -2.15. The molecule has 15 heavy (non-hydrogen) atoms. The molecule has 0 heterocycles. The van der Waals surface area contributed by atoms with Gasteiger partial charge in [-0.25, -0.2) is 0 Å². The average Bonchev–Trinajstić information content (AvgIpc) is 2.17. The molecule has 2 N–H and O–H groups in total. The molecule has 0 saturated heterocycles. The van der Waals surface area contributed by atoms with Crippen molar-refractivity contribution in [3.05, 3.63) is 33.8 Å². The van der Waals surface area contributed by atoms with Crippen molar-refractivity contribution in [2.24, 2.45) is 5.73 Å². The molecule has 1 nitrogen and oxygen atoms in total. The van der Waals surface area contributed by atoms with E-state index in [0.29, 0.717) is 0 Å². The molecule has 0 amide bonds. The van der Waals surface area contributed by atoms with Gasteiger partial charge in [0.25, 0.3) is 0 Å². The van der Waals surface area contributed by atoms with E-state index in [-0.39, 0.29) is 6.04 Å². The van der Waals surface area contributed by atoms with Crippen LogP contribution in [0.3, 0.4) is 0 Å². The summed E-state index contributed by atoms with van der Waals surface area (Å²) in [5, 5.41) is 1.52. The van der Waals surface area contributed by atoms with Crippen LogP contribution < -0.4 is 5.73 Å². The van der Waals surface area contributed by atoms with E-state index < -0.39 is 0 Å². The number of hydrogen-bond donors (Lipinski definition) is 1. The zero-order chi connectivity index (χ0) is 11.3. The molecule has 0 radical (unpaired) electrons. The third kappa shape index (κ3) is 5.12. The minimum absolute atomic E-state index is 0.271. The van der Waals surface area contributed by atoms with Gasteiger partial charge in [0.15, 0.2) is 0 Å². The van der Waals surface area contributed by atoms with E-state index in [4.69, 9.17) is 28.9 Å². The summed E-state index contributed by atoms with van der Waals surface area (Å²) in [6, 6.07) is 5.83. The molecule has 0 aliphatic carbocycles. The minimum Gasteiger partial charge on any atom is -0.328 e. The smallest absolute Gasteiger partial charge is 0.0447 e. The molecule has 0 aliphatic rings. The minimum atomic E-state index is 0.271. The summed E-state index contributed by atoms with van der Waals surface area (Å²) < 4.78 is 0. The second kappa shape index (κ2) is 6.64. The maximum absolute atomic E-state index is 6.04. The lowest BCUT2D eigenvalue weighted by atomic mass is 10.2. The normalized spacial score (nSPS) is 12.8. The van der Waals surface area contributed by atoms with E-state index in [9.17, 15) is 0 Å². The molecule has 4 heteroatoms. The summed E-state index contributed by atoms with van der Waals surface area (Å²) in [5.74, 6) is 1.95. The van der Waals surface area contributed by atoms with Crippen LogP contribution in [0.25, 0.3) is 0 Å². The summed E-state index contributed by atoms with van der Waals surface area (Å²) in [6.07, 6.45) is 1.03. The predicted molar refractivity (Wildman–Crippen MR) is 70.9 cm³/mol. The van der Waals surface area contributed by atoms with Crippen molar-refractivity contribution in [3.8, 4) is 0 Å². The highest BCUT2D eigenvalue weighted by Gasteiger charge is 2.02. The first-order chi connectivity index (χ1) is 7.09. The van der Waals surface area contributed by atoms with Gasteiger partial charge in [0.05, 0.1) is 0 Å². The van der Waals surface area contributed by atoms with Gasteiger partial charge >= 0.3 is 0 Å². The molecule has 0 fully saturated rings. The van der Waals surface area contributed by atoms with Gasteiger partial charge in [-0.3, -0.25) is 0 Å². The number of halogens is 2. The summed E-state index contributed by atoms with van der Waals surface area (Å²) in [4.78, 5) is 0. The summed E-state index contributed by atoms with van der Waals surface area (Å²) in [6.45, 7) is 2.02. The molecule has 1 unspecified atom stereocenters. The van der Waals surface area contributed by atoms with E-state index in [1.165, 1.54) is 0 Å². The maximum atomic E-state index is 6.04. The molecular weight excluding hydrogens is 249 g/mol. The van der Waals surface area contributed by atoms with Gasteiger partial charge in [-0.15, -0.1) is 0 Å². The number of thioether (sulfide) groups is 1. The van der Waals surface area contributed by atoms with Crippen LogP contribution in [0.2, 0.25) is 10.0 Å². The van der Waals surface area contributed by atoms with Crippen molar-refractivity contribution < 1.29 is 0 Å². The molecule has 0 aromatic heterocycles. The SMILES string of the molecule is CC(N)CCSCc1cc(Cl)ccc1Cl. The number of benzene rings is 1. The Morgan fingerprint density at radius 3 is 2.80 bits per heavy atom. The molecule has 0 aliphatic heterocycles. The first-order valence-electron chi connectivity index (χ1n) is 4.87. The summed E-state index contributed by atoms with van der Waals surface area (Å²) in [5.41, 5.74) is 6.76. The monoisotopic (exact) mass is 263 g/mol. The van der Waals surface area contributed by atoms with Crippen molar-refractivity contribution in [2.75, 3.05) is 5.75 Å². The van der Waals surface area contributed by atoms with Gasteiger partial charge in [-0.2, -0.15) is 11.8 Å². The topological polar surface area (TPSA) is 26.0 Å². The third-order valence-corrected chi connectivity index (χ3v) is 3.63. The van der Waals surface area contributed by atoms with E-state index in [1.54, 1.807) is 6.07 Å². The van der Waals surface area contributed by atoms with Crippen LogP contribution >= 0.6 is 35.0 Å². The molecule has 0 saturated carbocycles. The Hall–Kier alpha value is 0.110. The number of rotatable bonds is 5. The van der Waals surface area contributed by atoms with Crippen molar-refractivity contribution in [1.29, 1.82) is 0 Å². The maximum Gasteiger partial charge on any atom is 0.0447 e. The van der Waals surface area contributed by atoms with Gasteiger partial charge in [0.2, 0.25) is 0 Å². The van der Waals surface area contributed by atoms with Crippen LogP contribution in [0.4, 0.5) is 0 Å². The predicted octanol–water partition coefficient (Wildman–Crippen LogP) is 3.96. The van der Waals surface area contributed by atoms with Gasteiger partial charge in [0.1, 0.15) is 0 Å². The van der Waals surface area contributed by atoms with Crippen LogP contribution in [0, 0.1) is 0 Å². The zero-order valence-corrected chi connectivity index (χ0v) is 11.0. The van der Waals surface area contributed by atoms with E-state index >= 15 is 0 Å². The van der Waals surface area contributed by atoms with E-state index in [2.05, 4.69) is 0 Å². The largest absolute Gasteiger partial charge is 0.328 e. The first kappa shape index (κ1) is 13.2. The molecule has 1 atom stereocenters. The molecule has 1 aromatic rings. The van der Waals surface area contributed by atoms with Gasteiger partial charge in [0, 0.05) is 21.8 Å². The Balaban J connectivity index is 2.40. The highest BCUT2D eigenvalue weighted by molar-refractivity contribution is 7.98. The molecule has 84 valence electrons.